The van der Waals surface area contributed by atoms with Crippen molar-refractivity contribution in [3.05, 3.63) is 29.8 Å². The maximum atomic E-state index is 12.3. The lowest BCUT2D eigenvalue weighted by atomic mass is 9.87. The first-order chi connectivity index (χ1) is 9.38. The molecule has 3 nitrogen and oxygen atoms in total. The maximum absolute atomic E-state index is 12.3. The monoisotopic (exact) mass is 274 g/mol. The van der Waals surface area contributed by atoms with Crippen LogP contribution in [-0.4, -0.2) is 23.5 Å². The molecule has 0 aliphatic carbocycles. The molecule has 1 fully saturated rings. The molecule has 3 heteroatoms. The van der Waals surface area contributed by atoms with E-state index in [4.69, 9.17) is 0 Å². The van der Waals surface area contributed by atoms with Crippen molar-refractivity contribution in [2.45, 2.75) is 58.4 Å². The molecule has 110 valence electrons. The highest BCUT2D eigenvalue weighted by Gasteiger charge is 2.23. The lowest BCUT2D eigenvalue weighted by Crippen LogP contribution is -2.44. The van der Waals surface area contributed by atoms with E-state index in [-0.39, 0.29) is 11.4 Å². The first-order valence-corrected chi connectivity index (χ1v) is 7.56. The number of piperidine rings is 1. The van der Waals surface area contributed by atoms with Gasteiger partial charge in [0.05, 0.1) is 0 Å². The number of benzene rings is 1. The largest absolute Gasteiger partial charge is 0.322 e. The molecule has 20 heavy (non-hydrogen) atoms. The Hall–Kier alpha value is -1.51. The van der Waals surface area contributed by atoms with Crippen molar-refractivity contribution in [1.82, 2.24) is 4.90 Å². The van der Waals surface area contributed by atoms with E-state index in [9.17, 15) is 4.79 Å². The van der Waals surface area contributed by atoms with E-state index < -0.39 is 0 Å². The Bertz CT molecular complexity index is 459. The molecule has 1 N–H and O–H groups in total. The minimum Gasteiger partial charge on any atom is -0.322 e. The molecule has 0 aromatic heterocycles. The highest BCUT2D eigenvalue weighted by molar-refractivity contribution is 5.89. The van der Waals surface area contributed by atoms with Crippen LogP contribution in [0, 0.1) is 0 Å². The average Bonchev–Trinajstić information content (AvgIpc) is 2.38. The van der Waals surface area contributed by atoms with E-state index in [1.165, 1.54) is 12.0 Å². The Kier molecular flexibility index (Phi) is 4.36. The lowest BCUT2D eigenvalue weighted by molar-refractivity contribution is 0.170. The van der Waals surface area contributed by atoms with E-state index in [1.807, 2.05) is 17.0 Å². The quantitative estimate of drug-likeness (QED) is 0.809. The third kappa shape index (κ3) is 3.53. The molecule has 2 rings (SSSR count). The summed E-state index contributed by atoms with van der Waals surface area (Å²) in [4.78, 5) is 14.2. The minimum absolute atomic E-state index is 0.0284. The average molecular weight is 274 g/mol. The van der Waals surface area contributed by atoms with Crippen LogP contribution in [0.3, 0.4) is 0 Å². The molecule has 1 atom stereocenters. The molecule has 1 aromatic carbocycles. The normalized spacial score (nSPS) is 19.8. The number of nitrogens with zero attached hydrogens (tertiary/aromatic N) is 1. The van der Waals surface area contributed by atoms with E-state index in [1.54, 1.807) is 0 Å². The zero-order valence-corrected chi connectivity index (χ0v) is 13.1. The Morgan fingerprint density at radius 2 is 1.85 bits per heavy atom. The molecule has 0 bridgehead atoms. The van der Waals surface area contributed by atoms with Gasteiger partial charge in [-0.2, -0.15) is 0 Å². The van der Waals surface area contributed by atoms with Gasteiger partial charge in [0.25, 0.3) is 0 Å². The molecule has 2 amide bonds. The zero-order valence-electron chi connectivity index (χ0n) is 13.1. The van der Waals surface area contributed by atoms with Gasteiger partial charge in [0.15, 0.2) is 0 Å². The van der Waals surface area contributed by atoms with Crippen LogP contribution in [0.1, 0.15) is 52.5 Å². The molecule has 1 aliphatic rings. The highest BCUT2D eigenvalue weighted by atomic mass is 16.2. The van der Waals surface area contributed by atoms with Crippen LogP contribution in [0.4, 0.5) is 10.5 Å². The van der Waals surface area contributed by atoms with Crippen molar-refractivity contribution in [3.8, 4) is 0 Å². The Labute approximate surface area is 122 Å². The fourth-order valence-corrected chi connectivity index (χ4v) is 2.65. The van der Waals surface area contributed by atoms with Crippen molar-refractivity contribution in [1.29, 1.82) is 0 Å². The molecule has 1 saturated heterocycles. The molecule has 1 aliphatic heterocycles. The van der Waals surface area contributed by atoms with E-state index >= 15 is 0 Å². The zero-order chi connectivity index (χ0) is 14.8. The van der Waals surface area contributed by atoms with Crippen molar-refractivity contribution in [2.24, 2.45) is 0 Å². The fraction of sp³-hybridized carbons (Fsp3) is 0.588. The van der Waals surface area contributed by atoms with Crippen LogP contribution in [-0.2, 0) is 5.41 Å². The Morgan fingerprint density at radius 3 is 2.40 bits per heavy atom. The lowest BCUT2D eigenvalue weighted by Gasteiger charge is -2.33. The second kappa shape index (κ2) is 5.86. The van der Waals surface area contributed by atoms with Gasteiger partial charge in [0.2, 0.25) is 0 Å². The predicted molar refractivity (Wildman–Crippen MR) is 84.2 cm³/mol. The summed E-state index contributed by atoms with van der Waals surface area (Å²) in [5.41, 5.74) is 2.30. The van der Waals surface area contributed by atoms with Crippen molar-refractivity contribution in [3.63, 3.8) is 0 Å². The molecule has 1 heterocycles. The number of carbonyl (C=O) groups is 1. The number of nitrogens with one attached hydrogen (secondary N) is 1. The topological polar surface area (TPSA) is 32.3 Å². The van der Waals surface area contributed by atoms with Crippen molar-refractivity contribution >= 4 is 11.7 Å². The second-order valence-corrected chi connectivity index (χ2v) is 6.80. The molecular weight excluding hydrogens is 248 g/mol. The number of hydrogen-bond acceptors (Lipinski definition) is 1. The van der Waals surface area contributed by atoms with Crippen LogP contribution in [0.5, 0.6) is 0 Å². The summed E-state index contributed by atoms with van der Waals surface area (Å²) < 4.78 is 0. The fourth-order valence-electron chi connectivity index (χ4n) is 2.65. The Balaban J connectivity index is 2.01. The number of carbonyl (C=O) groups excluding carboxylic acids is 1. The van der Waals surface area contributed by atoms with Crippen LogP contribution >= 0.6 is 0 Å². The molecule has 0 saturated carbocycles. The third-order valence-corrected chi connectivity index (χ3v) is 4.07. The number of amides is 2. The predicted octanol–water partition coefficient (Wildman–Crippen LogP) is 4.39. The van der Waals surface area contributed by atoms with Crippen LogP contribution in [0.15, 0.2) is 24.3 Å². The van der Waals surface area contributed by atoms with Crippen LogP contribution < -0.4 is 5.32 Å². The van der Waals surface area contributed by atoms with Gasteiger partial charge in [-0.1, -0.05) is 32.9 Å². The second-order valence-electron chi connectivity index (χ2n) is 6.80. The molecular formula is C17H26N2O. The summed E-state index contributed by atoms with van der Waals surface area (Å²) in [5.74, 6) is 0. The maximum Gasteiger partial charge on any atom is 0.322 e. The van der Waals surface area contributed by atoms with E-state index in [0.29, 0.717) is 6.04 Å². The first kappa shape index (κ1) is 14.9. The van der Waals surface area contributed by atoms with Crippen molar-refractivity contribution in [2.75, 3.05) is 11.9 Å². The van der Waals surface area contributed by atoms with Gasteiger partial charge in [0.1, 0.15) is 0 Å². The number of rotatable bonds is 1. The molecule has 0 spiro atoms. The van der Waals surface area contributed by atoms with Gasteiger partial charge in [-0.3, -0.25) is 0 Å². The highest BCUT2D eigenvalue weighted by Crippen LogP contribution is 2.24. The molecule has 0 unspecified atom stereocenters. The standard InChI is InChI=1S/C17H26N2O/c1-13-7-5-6-12-19(13)16(20)18-15-10-8-14(9-11-15)17(2,3)4/h8-11,13H,5-7,12H2,1-4H3,(H,18,20)/t13-/m0/s1. The molecule has 1 aromatic rings. The van der Waals surface area contributed by atoms with Crippen LogP contribution in [0.2, 0.25) is 0 Å². The summed E-state index contributed by atoms with van der Waals surface area (Å²) >= 11 is 0. The van der Waals surface area contributed by atoms with Crippen molar-refractivity contribution < 1.29 is 4.79 Å². The summed E-state index contributed by atoms with van der Waals surface area (Å²) in [6.07, 6.45) is 3.45. The Morgan fingerprint density at radius 1 is 1.20 bits per heavy atom. The van der Waals surface area contributed by atoms with Crippen LogP contribution in [0.25, 0.3) is 0 Å². The van der Waals surface area contributed by atoms with Gasteiger partial charge in [-0.25, -0.2) is 4.79 Å². The van der Waals surface area contributed by atoms with E-state index in [0.717, 1.165) is 25.1 Å². The summed E-state index contributed by atoms with van der Waals surface area (Å²) in [7, 11) is 0. The van der Waals surface area contributed by atoms with Gasteiger partial charge in [0, 0.05) is 18.3 Å². The van der Waals surface area contributed by atoms with Gasteiger partial charge in [-0.05, 0) is 49.3 Å². The number of anilines is 1. The molecule has 0 radical (unpaired) electrons. The first-order valence-electron chi connectivity index (χ1n) is 7.56. The minimum atomic E-state index is 0.0284. The number of likely N-dealkylation sites (tertiary alicyclic amines) is 1. The SMILES string of the molecule is C[C@H]1CCCCN1C(=O)Nc1ccc(C(C)(C)C)cc1. The summed E-state index contributed by atoms with van der Waals surface area (Å²) in [5, 5.41) is 3.01. The van der Waals surface area contributed by atoms with Gasteiger partial charge < -0.3 is 10.2 Å². The summed E-state index contributed by atoms with van der Waals surface area (Å²) in [6.45, 7) is 9.57. The third-order valence-electron chi connectivity index (χ3n) is 4.07. The van der Waals surface area contributed by atoms with Gasteiger partial charge in [-0.15, -0.1) is 0 Å². The summed E-state index contributed by atoms with van der Waals surface area (Å²) in [6, 6.07) is 8.54. The number of hydrogen-bond donors (Lipinski definition) is 1. The van der Waals surface area contributed by atoms with Gasteiger partial charge >= 0.3 is 6.03 Å². The van der Waals surface area contributed by atoms with E-state index in [2.05, 4.69) is 45.1 Å². The number of urea groups is 1. The smallest absolute Gasteiger partial charge is 0.322 e.